The van der Waals surface area contributed by atoms with E-state index in [4.69, 9.17) is 9.15 Å². The van der Waals surface area contributed by atoms with Crippen molar-refractivity contribution >= 4 is 22.5 Å². The van der Waals surface area contributed by atoms with Gasteiger partial charge in [0.05, 0.1) is 18.1 Å². The molecule has 0 bridgehead atoms. The Morgan fingerprint density at radius 1 is 1.00 bits per heavy atom. The van der Waals surface area contributed by atoms with Crippen LogP contribution in [0.1, 0.15) is 33.2 Å². The number of Topliss-reactive ketones (excluding diaryl/α,β-unsaturated/α-hetero) is 1. The summed E-state index contributed by atoms with van der Waals surface area (Å²) >= 11 is 0. The third-order valence-corrected chi connectivity index (χ3v) is 3.73. The van der Waals surface area contributed by atoms with E-state index in [1.165, 1.54) is 26.2 Å². The van der Waals surface area contributed by atoms with E-state index in [1.54, 1.807) is 30.3 Å². The highest BCUT2D eigenvalue weighted by Crippen LogP contribution is 2.31. The predicted octanol–water partition coefficient (Wildman–Crippen LogP) is 3.24. The Hall–Kier alpha value is -3.21. The Labute approximate surface area is 137 Å². The molecule has 5 heteroatoms. The lowest BCUT2D eigenvalue weighted by Gasteiger charge is -2.11. The van der Waals surface area contributed by atoms with Crippen molar-refractivity contribution in [3.05, 3.63) is 75.6 Å². The summed E-state index contributed by atoms with van der Waals surface area (Å²) in [7, 11) is 1.43. The van der Waals surface area contributed by atoms with Crippen LogP contribution >= 0.6 is 0 Å². The third-order valence-electron chi connectivity index (χ3n) is 3.73. The number of rotatable bonds is 4. The maximum Gasteiger partial charge on any atom is 0.347 e. The normalized spacial score (nSPS) is 10.6. The molecule has 3 rings (SSSR count). The van der Waals surface area contributed by atoms with Crippen LogP contribution in [0.25, 0.3) is 11.0 Å². The van der Waals surface area contributed by atoms with Gasteiger partial charge in [0, 0.05) is 5.56 Å². The highest BCUT2D eigenvalue weighted by Gasteiger charge is 2.19. The molecule has 5 nitrogen and oxygen atoms in total. The van der Waals surface area contributed by atoms with Crippen LogP contribution in [-0.4, -0.2) is 18.7 Å². The highest BCUT2D eigenvalue weighted by atomic mass is 16.5. The van der Waals surface area contributed by atoms with Crippen molar-refractivity contribution in [2.45, 2.75) is 6.92 Å². The van der Waals surface area contributed by atoms with Crippen LogP contribution in [0.5, 0.6) is 5.75 Å². The van der Waals surface area contributed by atoms with Gasteiger partial charge in [-0.2, -0.15) is 0 Å². The van der Waals surface area contributed by atoms with E-state index in [0.29, 0.717) is 16.5 Å². The summed E-state index contributed by atoms with van der Waals surface area (Å²) in [6, 6.07) is 13.3. The average molecular weight is 322 g/mol. The molecule has 0 aliphatic rings. The van der Waals surface area contributed by atoms with E-state index in [-0.39, 0.29) is 22.7 Å². The second-order valence-corrected chi connectivity index (χ2v) is 5.26. The summed E-state index contributed by atoms with van der Waals surface area (Å²) in [6.45, 7) is 1.28. The molecule has 0 amide bonds. The number of ketones is 2. The smallest absolute Gasteiger partial charge is 0.347 e. The maximum absolute atomic E-state index is 12.7. The summed E-state index contributed by atoms with van der Waals surface area (Å²) < 4.78 is 10.6. The van der Waals surface area contributed by atoms with Gasteiger partial charge < -0.3 is 9.15 Å². The number of hydrogen-bond acceptors (Lipinski definition) is 5. The lowest BCUT2D eigenvalue weighted by molar-refractivity contribution is 0.101. The largest absolute Gasteiger partial charge is 0.495 e. The first-order valence-corrected chi connectivity index (χ1v) is 7.28. The van der Waals surface area contributed by atoms with Crippen LogP contribution in [0.15, 0.2) is 57.7 Å². The molecule has 0 atom stereocenters. The molecule has 1 heterocycles. The molecular formula is C19H14O5. The van der Waals surface area contributed by atoms with E-state index in [1.807, 2.05) is 6.07 Å². The molecule has 0 spiro atoms. The summed E-state index contributed by atoms with van der Waals surface area (Å²) in [5, 5.41) is 0.407. The SMILES string of the molecule is COc1c(C(=O)c2ccccc2)ccc2oc(=O)c(C(C)=O)cc12. The molecule has 1 aromatic heterocycles. The van der Waals surface area contributed by atoms with E-state index in [0.717, 1.165) is 0 Å². The van der Waals surface area contributed by atoms with Crippen LogP contribution in [-0.2, 0) is 0 Å². The second-order valence-electron chi connectivity index (χ2n) is 5.26. The van der Waals surface area contributed by atoms with Gasteiger partial charge in [0.15, 0.2) is 11.6 Å². The van der Waals surface area contributed by atoms with Crippen molar-refractivity contribution in [2.24, 2.45) is 0 Å². The Balaban J connectivity index is 2.27. The molecule has 120 valence electrons. The molecule has 0 saturated heterocycles. The molecule has 0 unspecified atom stereocenters. The number of carbonyl (C=O) groups is 2. The number of carbonyl (C=O) groups excluding carboxylic acids is 2. The second kappa shape index (κ2) is 6.12. The number of ether oxygens (including phenoxy) is 1. The maximum atomic E-state index is 12.7. The van der Waals surface area contributed by atoms with Crippen molar-refractivity contribution in [1.82, 2.24) is 0 Å². The molecule has 0 aliphatic carbocycles. The molecule has 24 heavy (non-hydrogen) atoms. The van der Waals surface area contributed by atoms with Gasteiger partial charge in [-0.1, -0.05) is 30.3 Å². The van der Waals surface area contributed by atoms with E-state index in [2.05, 4.69) is 0 Å². The summed E-state index contributed by atoms with van der Waals surface area (Å²) in [6.07, 6.45) is 0. The first-order chi connectivity index (χ1) is 11.5. The number of hydrogen-bond donors (Lipinski definition) is 0. The minimum Gasteiger partial charge on any atom is -0.495 e. The minimum absolute atomic E-state index is 0.0786. The van der Waals surface area contributed by atoms with Gasteiger partial charge in [-0.15, -0.1) is 0 Å². The minimum atomic E-state index is -0.709. The standard InChI is InChI=1S/C19H14O5/c1-11(20)14-10-15-16(24-19(14)22)9-8-13(18(15)23-2)17(21)12-6-4-3-5-7-12/h3-10H,1-2H3. The van der Waals surface area contributed by atoms with E-state index >= 15 is 0 Å². The van der Waals surface area contributed by atoms with Crippen LogP contribution in [0, 0.1) is 0 Å². The zero-order valence-corrected chi connectivity index (χ0v) is 13.2. The van der Waals surface area contributed by atoms with Gasteiger partial charge in [-0.25, -0.2) is 4.79 Å². The Morgan fingerprint density at radius 3 is 2.33 bits per heavy atom. The van der Waals surface area contributed by atoms with Crippen LogP contribution < -0.4 is 10.4 Å². The van der Waals surface area contributed by atoms with E-state index in [9.17, 15) is 14.4 Å². The Bertz CT molecular complexity index is 999. The van der Waals surface area contributed by atoms with Gasteiger partial charge in [-0.3, -0.25) is 9.59 Å². The number of fused-ring (bicyclic) bond motifs is 1. The molecule has 2 aromatic carbocycles. The molecule has 3 aromatic rings. The number of benzene rings is 2. The first kappa shape index (κ1) is 15.7. The van der Waals surface area contributed by atoms with Crippen LogP contribution in [0.3, 0.4) is 0 Å². The van der Waals surface area contributed by atoms with Crippen molar-refractivity contribution < 1.29 is 18.7 Å². The topological polar surface area (TPSA) is 73.6 Å². The Kier molecular flexibility index (Phi) is 4.00. The molecular weight excluding hydrogens is 308 g/mol. The highest BCUT2D eigenvalue weighted by molar-refractivity contribution is 6.13. The van der Waals surface area contributed by atoms with Gasteiger partial charge >= 0.3 is 5.63 Å². The average Bonchev–Trinajstić information content (AvgIpc) is 2.60. The van der Waals surface area contributed by atoms with Gasteiger partial charge in [0.2, 0.25) is 0 Å². The molecule has 0 fully saturated rings. The van der Waals surface area contributed by atoms with Gasteiger partial charge in [-0.05, 0) is 25.1 Å². The molecule has 0 saturated carbocycles. The van der Waals surface area contributed by atoms with Crippen molar-refractivity contribution in [3.8, 4) is 5.75 Å². The fraction of sp³-hybridized carbons (Fsp3) is 0.105. The fourth-order valence-electron chi connectivity index (χ4n) is 2.55. The van der Waals surface area contributed by atoms with Crippen LogP contribution in [0.2, 0.25) is 0 Å². The first-order valence-electron chi connectivity index (χ1n) is 7.28. The zero-order valence-electron chi connectivity index (χ0n) is 13.2. The summed E-state index contributed by atoms with van der Waals surface area (Å²) in [5.74, 6) is -0.356. The van der Waals surface area contributed by atoms with E-state index < -0.39 is 11.4 Å². The van der Waals surface area contributed by atoms with Crippen molar-refractivity contribution in [1.29, 1.82) is 0 Å². The van der Waals surface area contributed by atoms with Crippen molar-refractivity contribution in [3.63, 3.8) is 0 Å². The monoisotopic (exact) mass is 322 g/mol. The van der Waals surface area contributed by atoms with Crippen molar-refractivity contribution in [2.75, 3.05) is 7.11 Å². The zero-order chi connectivity index (χ0) is 17.3. The quantitative estimate of drug-likeness (QED) is 0.544. The Morgan fingerprint density at radius 2 is 1.71 bits per heavy atom. The predicted molar refractivity (Wildman–Crippen MR) is 88.9 cm³/mol. The van der Waals surface area contributed by atoms with Gasteiger partial charge in [0.1, 0.15) is 16.9 Å². The molecule has 0 aliphatic heterocycles. The number of methoxy groups -OCH3 is 1. The summed E-state index contributed by atoms with van der Waals surface area (Å²) in [4.78, 5) is 36.1. The third kappa shape index (κ3) is 2.60. The fourth-order valence-corrected chi connectivity index (χ4v) is 2.55. The lowest BCUT2D eigenvalue weighted by Crippen LogP contribution is -2.12. The lowest BCUT2D eigenvalue weighted by atomic mass is 9.99. The summed E-state index contributed by atoms with van der Waals surface area (Å²) in [5.41, 5.74) is 0.314. The van der Waals surface area contributed by atoms with Gasteiger partial charge in [0.25, 0.3) is 0 Å². The molecule has 0 N–H and O–H groups in total. The van der Waals surface area contributed by atoms with Crippen LogP contribution in [0.4, 0.5) is 0 Å². The molecule has 0 radical (unpaired) electrons.